The lowest BCUT2D eigenvalue weighted by molar-refractivity contribution is -0.143. The summed E-state index contributed by atoms with van der Waals surface area (Å²) in [5.41, 5.74) is 2.65. The fourth-order valence-corrected chi connectivity index (χ4v) is 4.25. The number of esters is 1. The summed E-state index contributed by atoms with van der Waals surface area (Å²) in [7, 11) is 4.50. The second kappa shape index (κ2) is 7.41. The molecule has 0 fully saturated rings. The molecule has 0 radical (unpaired) electrons. The molecule has 1 heterocycles. The van der Waals surface area contributed by atoms with E-state index in [1.54, 1.807) is 20.3 Å². The molecule has 0 amide bonds. The van der Waals surface area contributed by atoms with Crippen LogP contribution in [0.5, 0.6) is 11.5 Å². The summed E-state index contributed by atoms with van der Waals surface area (Å²) in [5, 5.41) is 0. The minimum Gasteiger partial charge on any atom is -0.497 e. The van der Waals surface area contributed by atoms with Gasteiger partial charge in [-0.2, -0.15) is 0 Å². The molecule has 0 spiro atoms. The molecule has 6 nitrogen and oxygen atoms in total. The van der Waals surface area contributed by atoms with Gasteiger partial charge in [0, 0.05) is 35.4 Å². The summed E-state index contributed by atoms with van der Waals surface area (Å²) in [5.74, 6) is -0.313. The Balaban J connectivity index is 2.24. The molecule has 1 unspecified atom stereocenters. The lowest BCUT2D eigenvalue weighted by atomic mass is 9.67. The van der Waals surface area contributed by atoms with Gasteiger partial charge in [0.05, 0.1) is 21.3 Å². The molecule has 1 aromatic carbocycles. The third-order valence-electron chi connectivity index (χ3n) is 5.49. The van der Waals surface area contributed by atoms with E-state index in [0.29, 0.717) is 35.6 Å². The van der Waals surface area contributed by atoms with Crippen LogP contribution in [-0.4, -0.2) is 38.8 Å². The minimum atomic E-state index is -0.661. The highest BCUT2D eigenvalue weighted by Crippen LogP contribution is 2.48. The molecule has 0 aromatic heterocycles. The molecule has 1 aliphatic heterocycles. The lowest BCUT2D eigenvalue weighted by Gasteiger charge is -2.39. The molecule has 0 saturated carbocycles. The summed E-state index contributed by atoms with van der Waals surface area (Å²) in [6.07, 6.45) is 1.11. The van der Waals surface area contributed by atoms with Crippen molar-refractivity contribution in [2.45, 2.75) is 39.5 Å². The highest BCUT2D eigenvalue weighted by Gasteiger charge is 2.46. The first-order valence-corrected chi connectivity index (χ1v) is 9.33. The van der Waals surface area contributed by atoms with Gasteiger partial charge < -0.3 is 14.2 Å². The van der Waals surface area contributed by atoms with Crippen molar-refractivity contribution in [1.82, 2.24) is 0 Å². The van der Waals surface area contributed by atoms with E-state index in [2.05, 4.69) is 18.8 Å². The van der Waals surface area contributed by atoms with Crippen molar-refractivity contribution in [1.29, 1.82) is 0 Å². The van der Waals surface area contributed by atoms with Gasteiger partial charge in [0.25, 0.3) is 0 Å². The fraction of sp³-hybridized carbons (Fsp3) is 0.500. The standard InChI is InChI=1S/C22H27NO5/c1-12-18(21(25)28-6)19(13-7-14(26-4)9-15(8-13)27-5)20-16(23-12)10-22(2,3)11-17(20)24/h7-9,18-19H,10-11H2,1-6H3/t18?,19-/m1/s1. The average Bonchev–Trinajstić information content (AvgIpc) is 2.64. The third kappa shape index (κ3) is 3.55. The van der Waals surface area contributed by atoms with Gasteiger partial charge in [-0.3, -0.25) is 14.6 Å². The molecule has 1 aliphatic carbocycles. The molecular formula is C22H27NO5. The van der Waals surface area contributed by atoms with E-state index >= 15 is 0 Å². The van der Waals surface area contributed by atoms with E-state index in [4.69, 9.17) is 14.2 Å². The van der Waals surface area contributed by atoms with Crippen molar-refractivity contribution >= 4 is 17.5 Å². The van der Waals surface area contributed by atoms with Crippen molar-refractivity contribution in [2.24, 2.45) is 16.3 Å². The molecule has 0 N–H and O–H groups in total. The first-order valence-electron chi connectivity index (χ1n) is 9.33. The highest BCUT2D eigenvalue weighted by atomic mass is 16.5. The predicted molar refractivity (Wildman–Crippen MR) is 106 cm³/mol. The summed E-state index contributed by atoms with van der Waals surface area (Å²) >= 11 is 0. The van der Waals surface area contributed by atoms with Crippen LogP contribution in [-0.2, 0) is 14.3 Å². The molecule has 2 atom stereocenters. The molecule has 28 heavy (non-hydrogen) atoms. The Hall–Kier alpha value is -2.63. The molecule has 0 bridgehead atoms. The summed E-state index contributed by atoms with van der Waals surface area (Å²) < 4.78 is 15.9. The monoisotopic (exact) mass is 385 g/mol. The van der Waals surface area contributed by atoms with Crippen LogP contribution in [0.25, 0.3) is 0 Å². The minimum absolute atomic E-state index is 0.0307. The number of Topliss-reactive ketones (excluding diaryl/α,β-unsaturated/α-hetero) is 1. The molecule has 150 valence electrons. The van der Waals surface area contributed by atoms with E-state index in [-0.39, 0.29) is 11.2 Å². The molecule has 3 rings (SSSR count). The molecular weight excluding hydrogens is 358 g/mol. The number of aliphatic imine (C=N–C) groups is 1. The zero-order chi connectivity index (χ0) is 20.6. The summed E-state index contributed by atoms with van der Waals surface area (Å²) in [6, 6.07) is 5.46. The van der Waals surface area contributed by atoms with Crippen LogP contribution in [0, 0.1) is 11.3 Å². The lowest BCUT2D eigenvalue weighted by Crippen LogP contribution is -2.39. The van der Waals surface area contributed by atoms with Gasteiger partial charge >= 0.3 is 5.97 Å². The first-order chi connectivity index (χ1) is 13.2. The maximum absolute atomic E-state index is 13.2. The SMILES string of the molecule is COC(=O)C1C(C)=NC2=C(C(=O)CC(C)(C)C2)[C@@H]1c1cc(OC)cc(OC)c1. The molecule has 1 aromatic rings. The number of nitrogens with zero attached hydrogens (tertiary/aromatic N) is 1. The van der Waals surface area contributed by atoms with Crippen LogP contribution in [0.1, 0.15) is 45.1 Å². The van der Waals surface area contributed by atoms with Crippen molar-refractivity contribution in [3.8, 4) is 11.5 Å². The number of rotatable bonds is 4. The van der Waals surface area contributed by atoms with Crippen molar-refractivity contribution in [2.75, 3.05) is 21.3 Å². The Morgan fingerprint density at radius 1 is 1.07 bits per heavy atom. The van der Waals surface area contributed by atoms with Crippen LogP contribution < -0.4 is 9.47 Å². The van der Waals surface area contributed by atoms with Crippen LogP contribution in [0.4, 0.5) is 0 Å². The van der Waals surface area contributed by atoms with Gasteiger partial charge in [0.15, 0.2) is 5.78 Å². The topological polar surface area (TPSA) is 74.2 Å². The Labute approximate surface area is 165 Å². The Morgan fingerprint density at radius 2 is 1.68 bits per heavy atom. The summed E-state index contributed by atoms with van der Waals surface area (Å²) in [6.45, 7) is 5.95. The number of carbonyl (C=O) groups is 2. The van der Waals surface area contributed by atoms with E-state index < -0.39 is 17.8 Å². The number of benzene rings is 1. The number of hydrogen-bond donors (Lipinski definition) is 0. The van der Waals surface area contributed by atoms with Crippen LogP contribution in [0.15, 0.2) is 34.5 Å². The van der Waals surface area contributed by atoms with Gasteiger partial charge in [-0.25, -0.2) is 0 Å². The Morgan fingerprint density at radius 3 is 2.21 bits per heavy atom. The van der Waals surface area contributed by atoms with Crippen LogP contribution >= 0.6 is 0 Å². The van der Waals surface area contributed by atoms with Gasteiger partial charge in [-0.05, 0) is 36.5 Å². The fourth-order valence-electron chi connectivity index (χ4n) is 4.25. The normalized spacial score (nSPS) is 23.6. The molecule has 2 aliphatic rings. The number of hydrogen-bond acceptors (Lipinski definition) is 6. The van der Waals surface area contributed by atoms with E-state index in [1.165, 1.54) is 7.11 Å². The number of allylic oxidation sites excluding steroid dienone is 2. The van der Waals surface area contributed by atoms with Gasteiger partial charge in [0.1, 0.15) is 17.4 Å². The first kappa shape index (κ1) is 20.1. The number of carbonyl (C=O) groups excluding carboxylic acids is 2. The van der Waals surface area contributed by atoms with Gasteiger partial charge in [0.2, 0.25) is 0 Å². The van der Waals surface area contributed by atoms with Crippen molar-refractivity contribution in [3.63, 3.8) is 0 Å². The Kier molecular flexibility index (Phi) is 5.33. The van der Waals surface area contributed by atoms with Gasteiger partial charge in [-0.15, -0.1) is 0 Å². The average molecular weight is 385 g/mol. The second-order valence-corrected chi connectivity index (χ2v) is 8.18. The molecule has 0 saturated heterocycles. The van der Waals surface area contributed by atoms with E-state index in [1.807, 2.05) is 19.1 Å². The van der Waals surface area contributed by atoms with Crippen LogP contribution in [0.2, 0.25) is 0 Å². The third-order valence-corrected chi connectivity index (χ3v) is 5.49. The highest BCUT2D eigenvalue weighted by molar-refractivity contribution is 6.09. The number of ether oxygens (including phenoxy) is 3. The molecule has 6 heteroatoms. The van der Waals surface area contributed by atoms with Crippen LogP contribution in [0.3, 0.4) is 0 Å². The Bertz CT molecular complexity index is 859. The number of ketones is 1. The quantitative estimate of drug-likeness (QED) is 0.739. The summed E-state index contributed by atoms with van der Waals surface area (Å²) in [4.78, 5) is 30.5. The smallest absolute Gasteiger partial charge is 0.315 e. The second-order valence-electron chi connectivity index (χ2n) is 8.18. The number of methoxy groups -OCH3 is 3. The van der Waals surface area contributed by atoms with E-state index in [9.17, 15) is 9.59 Å². The zero-order valence-corrected chi connectivity index (χ0v) is 17.3. The zero-order valence-electron chi connectivity index (χ0n) is 17.3. The van der Waals surface area contributed by atoms with E-state index in [0.717, 1.165) is 11.3 Å². The van der Waals surface area contributed by atoms with Crippen molar-refractivity contribution < 1.29 is 23.8 Å². The maximum atomic E-state index is 13.2. The predicted octanol–water partition coefficient (Wildman–Crippen LogP) is 3.69. The van der Waals surface area contributed by atoms with Gasteiger partial charge in [-0.1, -0.05) is 13.8 Å². The maximum Gasteiger partial charge on any atom is 0.315 e. The van der Waals surface area contributed by atoms with Crippen molar-refractivity contribution in [3.05, 3.63) is 35.0 Å². The largest absolute Gasteiger partial charge is 0.497 e.